The summed E-state index contributed by atoms with van der Waals surface area (Å²) in [4.78, 5) is 7.68. The number of anilines is 2. The lowest BCUT2D eigenvalue weighted by Crippen LogP contribution is -1.97. The molecule has 0 bridgehead atoms. The maximum Gasteiger partial charge on any atom is 0.224 e. The van der Waals surface area contributed by atoms with Gasteiger partial charge in [0.15, 0.2) is 5.82 Å². The molecule has 90 valence electrons. The molecule has 0 spiro atoms. The quantitative estimate of drug-likeness (QED) is 0.698. The van der Waals surface area contributed by atoms with Crippen molar-refractivity contribution in [3.05, 3.63) is 41.7 Å². The Kier molecular flexibility index (Phi) is 2.56. The third kappa shape index (κ3) is 1.86. The molecule has 1 aromatic carbocycles. The molecule has 2 heterocycles. The molecule has 0 aliphatic heterocycles. The number of benzene rings is 1. The van der Waals surface area contributed by atoms with Gasteiger partial charge in [0.05, 0.1) is 22.8 Å². The summed E-state index contributed by atoms with van der Waals surface area (Å²) in [6.07, 6.45) is 2.93. The molecule has 0 aliphatic rings. The van der Waals surface area contributed by atoms with Gasteiger partial charge in [-0.2, -0.15) is 5.10 Å². The number of rotatable bonds is 2. The van der Waals surface area contributed by atoms with Gasteiger partial charge < -0.3 is 5.32 Å². The molecule has 0 amide bonds. The van der Waals surface area contributed by atoms with Crippen molar-refractivity contribution in [2.75, 3.05) is 5.32 Å². The fraction of sp³-hybridized carbons (Fsp3) is 0. The molecule has 0 radical (unpaired) electrons. The van der Waals surface area contributed by atoms with E-state index in [0.717, 1.165) is 0 Å². The Hall–Kier alpha value is -2.21. The van der Waals surface area contributed by atoms with E-state index in [1.165, 1.54) is 12.4 Å². The molecule has 0 aliphatic carbocycles. The van der Waals surface area contributed by atoms with E-state index in [1.54, 1.807) is 18.2 Å². The Bertz CT molecular complexity index is 711. The minimum atomic E-state index is -0.393. The number of nitrogens with zero attached hydrogens (tertiary/aromatic N) is 3. The molecule has 3 rings (SSSR count). The third-order valence-electron chi connectivity index (χ3n) is 2.45. The van der Waals surface area contributed by atoms with Crippen molar-refractivity contribution in [3.63, 3.8) is 0 Å². The van der Waals surface area contributed by atoms with Gasteiger partial charge in [-0.25, -0.2) is 14.4 Å². The van der Waals surface area contributed by atoms with Crippen molar-refractivity contribution < 1.29 is 4.39 Å². The van der Waals surface area contributed by atoms with E-state index in [-0.39, 0.29) is 5.28 Å². The van der Waals surface area contributed by atoms with E-state index < -0.39 is 5.82 Å². The van der Waals surface area contributed by atoms with Crippen molar-refractivity contribution in [2.45, 2.75) is 0 Å². The number of H-pyrrole nitrogens is 1. The van der Waals surface area contributed by atoms with Gasteiger partial charge in [-0.3, -0.25) is 5.10 Å². The van der Waals surface area contributed by atoms with Crippen LogP contribution in [0.4, 0.5) is 15.9 Å². The van der Waals surface area contributed by atoms with Crippen LogP contribution in [-0.4, -0.2) is 20.2 Å². The largest absolute Gasteiger partial charge is 0.338 e. The van der Waals surface area contributed by atoms with Gasteiger partial charge in [-0.05, 0) is 29.8 Å². The van der Waals surface area contributed by atoms with Gasteiger partial charge in [-0.15, -0.1) is 0 Å². The summed E-state index contributed by atoms with van der Waals surface area (Å²) in [6.45, 7) is 0. The Labute approximate surface area is 106 Å². The summed E-state index contributed by atoms with van der Waals surface area (Å²) >= 11 is 5.66. The number of hydrogen-bond donors (Lipinski definition) is 2. The van der Waals surface area contributed by atoms with Gasteiger partial charge in [0, 0.05) is 6.20 Å². The lowest BCUT2D eigenvalue weighted by molar-refractivity contribution is 0.643. The number of aromatic amines is 1. The molecule has 0 unspecified atom stereocenters. The van der Waals surface area contributed by atoms with Crippen molar-refractivity contribution in [3.8, 4) is 0 Å². The van der Waals surface area contributed by atoms with Crippen molar-refractivity contribution in [1.82, 2.24) is 20.2 Å². The minimum absolute atomic E-state index is 0.102. The molecule has 0 saturated carbocycles. The van der Waals surface area contributed by atoms with Crippen LogP contribution in [-0.2, 0) is 0 Å². The molecule has 2 N–H and O–H groups in total. The molecule has 0 fully saturated rings. The van der Waals surface area contributed by atoms with E-state index in [9.17, 15) is 4.39 Å². The molecule has 18 heavy (non-hydrogen) atoms. The van der Waals surface area contributed by atoms with E-state index in [4.69, 9.17) is 11.6 Å². The molecule has 2 aromatic heterocycles. The van der Waals surface area contributed by atoms with Crippen LogP contribution in [0.25, 0.3) is 10.9 Å². The first-order valence-electron chi connectivity index (χ1n) is 5.11. The average molecular weight is 264 g/mol. The zero-order chi connectivity index (χ0) is 12.5. The zero-order valence-electron chi connectivity index (χ0n) is 8.98. The highest BCUT2D eigenvalue weighted by Crippen LogP contribution is 2.25. The van der Waals surface area contributed by atoms with Crippen LogP contribution in [0, 0.1) is 5.82 Å². The Morgan fingerprint density at radius 3 is 3.00 bits per heavy atom. The molecule has 7 heteroatoms. The zero-order valence-corrected chi connectivity index (χ0v) is 9.74. The Morgan fingerprint density at radius 2 is 2.17 bits per heavy atom. The summed E-state index contributed by atoms with van der Waals surface area (Å²) in [5.74, 6) is 0.0349. The molecular formula is C11H7ClFN5. The van der Waals surface area contributed by atoms with Crippen LogP contribution in [0.1, 0.15) is 0 Å². The second-order valence-electron chi connectivity index (χ2n) is 3.59. The molecule has 0 atom stereocenters. The number of nitrogens with one attached hydrogen (secondary N) is 2. The van der Waals surface area contributed by atoms with Crippen LogP contribution >= 0.6 is 11.6 Å². The van der Waals surface area contributed by atoms with E-state index >= 15 is 0 Å². The fourth-order valence-electron chi connectivity index (χ4n) is 1.62. The van der Waals surface area contributed by atoms with E-state index in [1.807, 2.05) is 0 Å². The highest BCUT2D eigenvalue weighted by Gasteiger charge is 2.09. The summed E-state index contributed by atoms with van der Waals surface area (Å²) in [6, 6.07) is 4.94. The lowest BCUT2D eigenvalue weighted by atomic mass is 10.2. The van der Waals surface area contributed by atoms with Gasteiger partial charge >= 0.3 is 0 Å². The molecular weight excluding hydrogens is 257 g/mol. The van der Waals surface area contributed by atoms with Gasteiger partial charge in [-0.1, -0.05) is 0 Å². The summed E-state index contributed by atoms with van der Waals surface area (Å²) in [5, 5.41) is 9.84. The maximum atomic E-state index is 14.1. The highest BCUT2D eigenvalue weighted by atomic mass is 35.5. The summed E-state index contributed by atoms with van der Waals surface area (Å²) in [7, 11) is 0. The number of halogens is 2. The summed E-state index contributed by atoms with van der Waals surface area (Å²) < 4.78 is 14.1. The normalized spacial score (nSPS) is 10.8. The minimum Gasteiger partial charge on any atom is -0.338 e. The highest BCUT2D eigenvalue weighted by molar-refractivity contribution is 6.28. The van der Waals surface area contributed by atoms with Crippen molar-refractivity contribution >= 4 is 34.0 Å². The topological polar surface area (TPSA) is 66.5 Å². The predicted octanol–water partition coefficient (Wildman–Crippen LogP) is 2.89. The first-order valence-corrected chi connectivity index (χ1v) is 5.49. The number of hydrogen-bond acceptors (Lipinski definition) is 4. The molecule has 5 nitrogen and oxygen atoms in total. The monoisotopic (exact) mass is 263 g/mol. The van der Waals surface area contributed by atoms with E-state index in [0.29, 0.717) is 22.4 Å². The van der Waals surface area contributed by atoms with E-state index in [2.05, 4.69) is 25.5 Å². The molecule has 3 aromatic rings. The van der Waals surface area contributed by atoms with Crippen LogP contribution < -0.4 is 5.32 Å². The van der Waals surface area contributed by atoms with Gasteiger partial charge in [0.25, 0.3) is 0 Å². The van der Waals surface area contributed by atoms with Crippen molar-refractivity contribution in [1.29, 1.82) is 0 Å². The lowest BCUT2D eigenvalue weighted by Gasteiger charge is -2.06. The van der Waals surface area contributed by atoms with Gasteiger partial charge in [0.1, 0.15) is 5.82 Å². The second kappa shape index (κ2) is 4.23. The molecule has 0 saturated heterocycles. The predicted molar refractivity (Wildman–Crippen MR) is 66.4 cm³/mol. The fourth-order valence-corrected chi connectivity index (χ4v) is 1.77. The first-order chi connectivity index (χ1) is 8.74. The summed E-state index contributed by atoms with van der Waals surface area (Å²) in [5.41, 5.74) is 0.942. The number of aromatic nitrogens is 4. The van der Waals surface area contributed by atoms with Crippen LogP contribution in [0.3, 0.4) is 0 Å². The van der Waals surface area contributed by atoms with Crippen LogP contribution in [0.5, 0.6) is 0 Å². The SMILES string of the molecule is Fc1c(Nc2ccnc(Cl)n2)ccc2[nH]ncc12. The average Bonchev–Trinajstić information content (AvgIpc) is 2.82. The maximum absolute atomic E-state index is 14.1. The smallest absolute Gasteiger partial charge is 0.224 e. The van der Waals surface area contributed by atoms with Crippen LogP contribution in [0.15, 0.2) is 30.6 Å². The first kappa shape index (κ1) is 10.9. The number of fused-ring (bicyclic) bond motifs is 1. The third-order valence-corrected chi connectivity index (χ3v) is 2.63. The standard InChI is InChI=1S/C11H7ClFN5/c12-11-14-4-3-9(17-11)16-8-2-1-7-6(10(8)13)5-15-18-7/h1-5H,(H,15,18)(H,14,16,17). The van der Waals surface area contributed by atoms with Crippen LogP contribution in [0.2, 0.25) is 5.28 Å². The Balaban J connectivity index is 2.02. The van der Waals surface area contributed by atoms with Gasteiger partial charge in [0.2, 0.25) is 5.28 Å². The second-order valence-corrected chi connectivity index (χ2v) is 3.93. The van der Waals surface area contributed by atoms with Crippen molar-refractivity contribution in [2.24, 2.45) is 0 Å². The Morgan fingerprint density at radius 1 is 1.28 bits per heavy atom.